The number of nitrogens with one attached hydrogen (secondary N) is 1. The highest BCUT2D eigenvalue weighted by atomic mass is 28.3. The van der Waals surface area contributed by atoms with Gasteiger partial charge in [0.05, 0.1) is 0 Å². The minimum atomic E-state index is -0.905. The SMILES string of the molecule is CCNCC(C)(C[Si](C)(C)C)C1CC1. The summed E-state index contributed by atoms with van der Waals surface area (Å²) >= 11 is 0. The molecule has 0 bridgehead atoms. The van der Waals surface area contributed by atoms with Gasteiger partial charge in [-0.1, -0.05) is 39.5 Å². The Morgan fingerprint density at radius 2 is 1.86 bits per heavy atom. The van der Waals surface area contributed by atoms with Crippen LogP contribution in [0.5, 0.6) is 0 Å². The van der Waals surface area contributed by atoms with Crippen molar-refractivity contribution in [3.8, 4) is 0 Å². The fourth-order valence-electron chi connectivity index (χ4n) is 2.75. The van der Waals surface area contributed by atoms with Crippen LogP contribution in [0.25, 0.3) is 0 Å². The number of hydrogen-bond donors (Lipinski definition) is 1. The van der Waals surface area contributed by atoms with Crippen LogP contribution >= 0.6 is 0 Å². The quantitative estimate of drug-likeness (QED) is 0.667. The van der Waals surface area contributed by atoms with E-state index in [4.69, 9.17) is 0 Å². The standard InChI is InChI=1S/C12H27NSi/c1-6-13-9-12(2,11-7-8-11)10-14(3,4)5/h11,13H,6-10H2,1-5H3. The van der Waals surface area contributed by atoms with E-state index < -0.39 is 8.07 Å². The Labute approximate surface area is 90.7 Å². The highest BCUT2D eigenvalue weighted by molar-refractivity contribution is 6.76. The van der Waals surface area contributed by atoms with Gasteiger partial charge in [-0.15, -0.1) is 0 Å². The summed E-state index contributed by atoms with van der Waals surface area (Å²) < 4.78 is 0. The van der Waals surface area contributed by atoms with Gasteiger partial charge in [-0.25, -0.2) is 0 Å². The maximum atomic E-state index is 3.56. The molecular weight excluding hydrogens is 186 g/mol. The second-order valence-corrected chi connectivity index (χ2v) is 11.9. The van der Waals surface area contributed by atoms with Gasteiger partial charge in [0, 0.05) is 14.6 Å². The van der Waals surface area contributed by atoms with Crippen molar-refractivity contribution in [3.05, 3.63) is 0 Å². The van der Waals surface area contributed by atoms with Gasteiger partial charge in [0.2, 0.25) is 0 Å². The molecule has 1 N–H and O–H groups in total. The van der Waals surface area contributed by atoms with Crippen molar-refractivity contribution in [2.45, 2.75) is 52.4 Å². The molecule has 1 fully saturated rings. The van der Waals surface area contributed by atoms with Gasteiger partial charge in [-0.3, -0.25) is 0 Å². The average molecular weight is 213 g/mol. The lowest BCUT2D eigenvalue weighted by molar-refractivity contribution is 0.290. The molecule has 0 aromatic heterocycles. The van der Waals surface area contributed by atoms with E-state index >= 15 is 0 Å². The van der Waals surface area contributed by atoms with Crippen LogP contribution in [-0.2, 0) is 0 Å². The van der Waals surface area contributed by atoms with Crippen LogP contribution < -0.4 is 5.32 Å². The molecule has 0 amide bonds. The summed E-state index contributed by atoms with van der Waals surface area (Å²) in [7, 11) is -0.905. The first-order chi connectivity index (χ1) is 6.37. The molecule has 0 aromatic rings. The average Bonchev–Trinajstić information content (AvgIpc) is 2.79. The Morgan fingerprint density at radius 1 is 1.29 bits per heavy atom. The zero-order valence-electron chi connectivity index (χ0n) is 10.6. The lowest BCUT2D eigenvalue weighted by atomic mass is 9.87. The molecule has 1 atom stereocenters. The molecule has 0 radical (unpaired) electrons. The number of rotatable bonds is 6. The zero-order valence-corrected chi connectivity index (χ0v) is 11.6. The first kappa shape index (κ1) is 12.2. The monoisotopic (exact) mass is 213 g/mol. The topological polar surface area (TPSA) is 12.0 Å². The third-order valence-electron chi connectivity index (χ3n) is 3.28. The third-order valence-corrected chi connectivity index (χ3v) is 5.14. The molecular formula is C12H27NSi. The molecule has 1 aliphatic carbocycles. The minimum absolute atomic E-state index is 0.598. The fourth-order valence-corrected chi connectivity index (χ4v) is 5.59. The molecule has 0 spiro atoms. The van der Waals surface area contributed by atoms with Crippen LogP contribution in [0, 0.1) is 11.3 Å². The van der Waals surface area contributed by atoms with Crippen molar-refractivity contribution in [3.63, 3.8) is 0 Å². The highest BCUT2D eigenvalue weighted by Crippen LogP contribution is 2.49. The molecule has 0 aliphatic heterocycles. The molecule has 0 saturated heterocycles. The Morgan fingerprint density at radius 3 is 2.21 bits per heavy atom. The van der Waals surface area contributed by atoms with Crippen molar-refractivity contribution in [2.24, 2.45) is 11.3 Å². The van der Waals surface area contributed by atoms with Crippen molar-refractivity contribution in [2.75, 3.05) is 13.1 Å². The van der Waals surface area contributed by atoms with Gasteiger partial charge >= 0.3 is 0 Å². The molecule has 0 heterocycles. The second-order valence-electron chi connectivity index (χ2n) is 6.45. The van der Waals surface area contributed by atoms with E-state index in [9.17, 15) is 0 Å². The van der Waals surface area contributed by atoms with Crippen LogP contribution in [-0.4, -0.2) is 21.2 Å². The predicted molar refractivity (Wildman–Crippen MR) is 67.5 cm³/mol. The molecule has 1 rings (SSSR count). The molecule has 1 nitrogen and oxygen atoms in total. The maximum absolute atomic E-state index is 3.56. The molecule has 14 heavy (non-hydrogen) atoms. The summed E-state index contributed by atoms with van der Waals surface area (Å²) in [4.78, 5) is 0. The van der Waals surface area contributed by atoms with Crippen LogP contribution in [0.2, 0.25) is 25.7 Å². The predicted octanol–water partition coefficient (Wildman–Crippen LogP) is 3.35. The molecule has 84 valence electrons. The van der Waals surface area contributed by atoms with Crippen LogP contribution in [0.3, 0.4) is 0 Å². The van der Waals surface area contributed by atoms with Crippen molar-refractivity contribution in [1.29, 1.82) is 0 Å². The van der Waals surface area contributed by atoms with Crippen LogP contribution in [0.15, 0.2) is 0 Å². The lowest BCUT2D eigenvalue weighted by Gasteiger charge is -2.35. The minimum Gasteiger partial charge on any atom is -0.316 e. The van der Waals surface area contributed by atoms with E-state index in [0.717, 1.165) is 12.5 Å². The fraction of sp³-hybridized carbons (Fsp3) is 1.00. The van der Waals surface area contributed by atoms with E-state index in [1.807, 2.05) is 0 Å². The third kappa shape index (κ3) is 3.74. The largest absolute Gasteiger partial charge is 0.316 e. The summed E-state index contributed by atoms with van der Waals surface area (Å²) in [5.74, 6) is 1.02. The maximum Gasteiger partial charge on any atom is 0.0448 e. The Balaban J connectivity index is 2.52. The molecule has 1 saturated carbocycles. The van der Waals surface area contributed by atoms with Crippen LogP contribution in [0.4, 0.5) is 0 Å². The Bertz CT molecular complexity index is 181. The van der Waals surface area contributed by atoms with Crippen molar-refractivity contribution < 1.29 is 0 Å². The van der Waals surface area contributed by atoms with Gasteiger partial charge in [0.25, 0.3) is 0 Å². The van der Waals surface area contributed by atoms with Crippen molar-refractivity contribution >= 4 is 8.07 Å². The summed E-state index contributed by atoms with van der Waals surface area (Å²) in [5.41, 5.74) is 0.598. The van der Waals surface area contributed by atoms with Gasteiger partial charge in [0.15, 0.2) is 0 Å². The van der Waals surface area contributed by atoms with Gasteiger partial charge in [-0.2, -0.15) is 0 Å². The van der Waals surface area contributed by atoms with Gasteiger partial charge in [0.1, 0.15) is 0 Å². The van der Waals surface area contributed by atoms with Crippen LogP contribution in [0.1, 0.15) is 26.7 Å². The second kappa shape index (κ2) is 4.36. The first-order valence-corrected chi connectivity index (χ1v) is 9.79. The van der Waals surface area contributed by atoms with E-state index in [-0.39, 0.29) is 0 Å². The molecule has 0 aromatic carbocycles. The first-order valence-electron chi connectivity index (χ1n) is 6.08. The Kier molecular flexibility index (Phi) is 3.81. The molecule has 1 unspecified atom stereocenters. The van der Waals surface area contributed by atoms with Gasteiger partial charge in [-0.05, 0) is 30.7 Å². The van der Waals surface area contributed by atoms with E-state index in [0.29, 0.717) is 5.41 Å². The summed E-state index contributed by atoms with van der Waals surface area (Å²) in [6, 6.07) is 1.48. The molecule has 1 aliphatic rings. The normalized spacial score (nSPS) is 22.1. The molecule has 2 heteroatoms. The van der Waals surface area contributed by atoms with E-state index in [2.05, 4.69) is 38.8 Å². The number of hydrogen-bond acceptors (Lipinski definition) is 1. The van der Waals surface area contributed by atoms with E-state index in [1.165, 1.54) is 25.4 Å². The highest BCUT2D eigenvalue weighted by Gasteiger charge is 2.43. The van der Waals surface area contributed by atoms with Gasteiger partial charge < -0.3 is 5.32 Å². The summed E-state index contributed by atoms with van der Waals surface area (Å²) in [6.07, 6.45) is 2.96. The smallest absolute Gasteiger partial charge is 0.0448 e. The van der Waals surface area contributed by atoms with Crippen molar-refractivity contribution in [1.82, 2.24) is 5.32 Å². The van der Waals surface area contributed by atoms with E-state index in [1.54, 1.807) is 0 Å². The zero-order chi connectivity index (χ0) is 10.8. The Hall–Kier alpha value is 0.177. The lowest BCUT2D eigenvalue weighted by Crippen LogP contribution is -2.39. The summed E-state index contributed by atoms with van der Waals surface area (Å²) in [6.45, 7) is 14.6. The summed E-state index contributed by atoms with van der Waals surface area (Å²) in [5, 5.41) is 3.56.